The molecular weight excluding hydrogens is 324 g/mol. The summed E-state index contributed by atoms with van der Waals surface area (Å²) in [7, 11) is 0. The molecule has 1 fully saturated rings. The minimum Gasteiger partial charge on any atom is -0.481 e. The van der Waals surface area contributed by atoms with Crippen molar-refractivity contribution in [1.29, 1.82) is 0 Å². The lowest BCUT2D eigenvalue weighted by molar-refractivity contribution is -0.145. The standard InChI is InChI=1S/C14H17BrN2O3/c1-7-5-9(10(6-7)14(19)20)13(18)17-12-4-3-11(15)8(2)16-12/h3-4,7,9-10H,5-6H2,1-2H3,(H,19,20)(H,16,17,18). The second-order valence-corrected chi connectivity index (χ2v) is 6.24. The van der Waals surface area contributed by atoms with Crippen LogP contribution in [0.3, 0.4) is 0 Å². The Morgan fingerprint density at radius 3 is 2.60 bits per heavy atom. The molecule has 0 radical (unpaired) electrons. The Labute approximate surface area is 125 Å². The Morgan fingerprint density at radius 1 is 1.35 bits per heavy atom. The van der Waals surface area contributed by atoms with Crippen molar-refractivity contribution in [2.75, 3.05) is 5.32 Å². The van der Waals surface area contributed by atoms with E-state index in [1.54, 1.807) is 6.07 Å². The molecule has 108 valence electrons. The smallest absolute Gasteiger partial charge is 0.307 e. The highest BCUT2D eigenvalue weighted by Gasteiger charge is 2.41. The molecule has 1 aromatic heterocycles. The van der Waals surface area contributed by atoms with Crippen molar-refractivity contribution in [3.05, 3.63) is 22.3 Å². The molecule has 0 aromatic carbocycles. The molecule has 0 spiro atoms. The van der Waals surface area contributed by atoms with Gasteiger partial charge in [-0.15, -0.1) is 0 Å². The predicted molar refractivity (Wildman–Crippen MR) is 78.3 cm³/mol. The number of carbonyl (C=O) groups is 2. The van der Waals surface area contributed by atoms with Gasteiger partial charge in [0.05, 0.1) is 17.5 Å². The van der Waals surface area contributed by atoms with Gasteiger partial charge in [-0.1, -0.05) is 6.92 Å². The molecular formula is C14H17BrN2O3. The monoisotopic (exact) mass is 340 g/mol. The van der Waals surface area contributed by atoms with E-state index < -0.39 is 17.8 Å². The van der Waals surface area contributed by atoms with Crippen LogP contribution in [0.2, 0.25) is 0 Å². The topological polar surface area (TPSA) is 79.3 Å². The van der Waals surface area contributed by atoms with Crippen molar-refractivity contribution in [2.45, 2.75) is 26.7 Å². The molecule has 1 heterocycles. The van der Waals surface area contributed by atoms with Crippen molar-refractivity contribution < 1.29 is 14.7 Å². The van der Waals surface area contributed by atoms with Crippen LogP contribution in [0.1, 0.15) is 25.5 Å². The second-order valence-electron chi connectivity index (χ2n) is 5.38. The number of aryl methyl sites for hydroxylation is 1. The summed E-state index contributed by atoms with van der Waals surface area (Å²) in [6.07, 6.45) is 1.17. The second kappa shape index (κ2) is 5.91. The molecule has 5 nitrogen and oxygen atoms in total. The first-order valence-corrected chi connectivity index (χ1v) is 7.34. The van der Waals surface area contributed by atoms with Gasteiger partial charge < -0.3 is 10.4 Å². The average molecular weight is 341 g/mol. The Kier molecular flexibility index (Phi) is 4.42. The fraction of sp³-hybridized carbons (Fsp3) is 0.500. The summed E-state index contributed by atoms with van der Waals surface area (Å²) >= 11 is 3.35. The quantitative estimate of drug-likeness (QED) is 0.886. The molecule has 20 heavy (non-hydrogen) atoms. The number of carboxylic acid groups (broad SMARTS) is 1. The summed E-state index contributed by atoms with van der Waals surface area (Å²) in [5.41, 5.74) is 0.775. The Bertz CT molecular complexity index is 547. The third-order valence-corrected chi connectivity index (χ3v) is 4.56. The normalized spacial score (nSPS) is 25.4. The number of anilines is 1. The van der Waals surface area contributed by atoms with Crippen LogP contribution in [0.5, 0.6) is 0 Å². The summed E-state index contributed by atoms with van der Waals surface area (Å²) in [4.78, 5) is 27.7. The molecule has 0 aliphatic heterocycles. The summed E-state index contributed by atoms with van der Waals surface area (Å²) in [5.74, 6) is -1.51. The Balaban J connectivity index is 2.11. The van der Waals surface area contributed by atoms with Crippen LogP contribution in [0.15, 0.2) is 16.6 Å². The maximum atomic E-state index is 12.2. The van der Waals surface area contributed by atoms with Crippen LogP contribution in [0.4, 0.5) is 5.82 Å². The lowest BCUT2D eigenvalue weighted by Gasteiger charge is -2.15. The van der Waals surface area contributed by atoms with Gasteiger partial charge in [0, 0.05) is 4.47 Å². The van der Waals surface area contributed by atoms with E-state index >= 15 is 0 Å². The van der Waals surface area contributed by atoms with E-state index in [-0.39, 0.29) is 11.8 Å². The van der Waals surface area contributed by atoms with E-state index in [9.17, 15) is 14.7 Å². The minimum absolute atomic E-state index is 0.254. The predicted octanol–water partition coefficient (Wildman–Crippen LogP) is 2.84. The zero-order valence-corrected chi connectivity index (χ0v) is 13.0. The fourth-order valence-electron chi connectivity index (χ4n) is 2.69. The molecule has 1 amide bonds. The largest absolute Gasteiger partial charge is 0.481 e. The van der Waals surface area contributed by atoms with Gasteiger partial charge in [-0.3, -0.25) is 9.59 Å². The van der Waals surface area contributed by atoms with Gasteiger partial charge in [0.15, 0.2) is 0 Å². The van der Waals surface area contributed by atoms with Crippen molar-refractivity contribution in [3.8, 4) is 0 Å². The minimum atomic E-state index is -0.894. The molecule has 0 bridgehead atoms. The summed E-state index contributed by atoms with van der Waals surface area (Å²) < 4.78 is 0.869. The lowest BCUT2D eigenvalue weighted by atomic mass is 9.95. The van der Waals surface area contributed by atoms with Crippen LogP contribution < -0.4 is 5.32 Å². The fourth-order valence-corrected chi connectivity index (χ4v) is 2.91. The summed E-state index contributed by atoms with van der Waals surface area (Å²) in [6.45, 7) is 3.81. The molecule has 1 aliphatic rings. The first-order valence-electron chi connectivity index (χ1n) is 6.55. The number of nitrogens with one attached hydrogen (secondary N) is 1. The molecule has 3 unspecified atom stereocenters. The van der Waals surface area contributed by atoms with Gasteiger partial charge in [-0.2, -0.15) is 0 Å². The molecule has 3 atom stereocenters. The molecule has 0 saturated heterocycles. The Hall–Kier alpha value is -1.43. The van der Waals surface area contributed by atoms with E-state index in [0.29, 0.717) is 18.7 Å². The van der Waals surface area contributed by atoms with Crippen molar-refractivity contribution in [3.63, 3.8) is 0 Å². The molecule has 2 rings (SSSR count). The van der Waals surface area contributed by atoms with Crippen molar-refractivity contribution in [1.82, 2.24) is 4.98 Å². The van der Waals surface area contributed by atoms with Crippen LogP contribution in [-0.2, 0) is 9.59 Å². The number of pyridine rings is 1. The van der Waals surface area contributed by atoms with Gasteiger partial charge >= 0.3 is 5.97 Å². The van der Waals surface area contributed by atoms with Gasteiger partial charge in [-0.05, 0) is 53.7 Å². The third-order valence-electron chi connectivity index (χ3n) is 3.72. The average Bonchev–Trinajstić information content (AvgIpc) is 2.76. The molecule has 1 aliphatic carbocycles. The molecule has 2 N–H and O–H groups in total. The van der Waals surface area contributed by atoms with Crippen LogP contribution in [0.25, 0.3) is 0 Å². The van der Waals surface area contributed by atoms with Gasteiger partial charge in [0.1, 0.15) is 5.82 Å². The highest BCUT2D eigenvalue weighted by atomic mass is 79.9. The van der Waals surface area contributed by atoms with Crippen LogP contribution >= 0.6 is 15.9 Å². The van der Waals surface area contributed by atoms with Crippen LogP contribution in [0, 0.1) is 24.7 Å². The number of halogens is 1. The van der Waals surface area contributed by atoms with E-state index in [1.165, 1.54) is 0 Å². The van der Waals surface area contributed by atoms with E-state index in [1.807, 2.05) is 19.9 Å². The number of hydrogen-bond donors (Lipinski definition) is 2. The SMILES string of the molecule is Cc1nc(NC(=O)C2CC(C)CC2C(=O)O)ccc1Br. The first-order chi connectivity index (χ1) is 9.38. The number of aromatic nitrogens is 1. The number of carbonyl (C=O) groups excluding carboxylic acids is 1. The van der Waals surface area contributed by atoms with E-state index in [0.717, 1.165) is 10.2 Å². The number of aliphatic carboxylic acids is 1. The maximum absolute atomic E-state index is 12.2. The Morgan fingerprint density at radius 2 is 2.00 bits per heavy atom. The number of hydrogen-bond acceptors (Lipinski definition) is 3. The zero-order chi connectivity index (χ0) is 14.9. The molecule has 1 aromatic rings. The van der Waals surface area contributed by atoms with Gasteiger partial charge in [-0.25, -0.2) is 4.98 Å². The van der Waals surface area contributed by atoms with E-state index in [4.69, 9.17) is 0 Å². The zero-order valence-electron chi connectivity index (χ0n) is 11.4. The highest BCUT2D eigenvalue weighted by molar-refractivity contribution is 9.10. The molecule has 6 heteroatoms. The molecule has 1 saturated carbocycles. The number of carboxylic acids is 1. The highest BCUT2D eigenvalue weighted by Crippen LogP contribution is 2.37. The number of amides is 1. The van der Waals surface area contributed by atoms with Gasteiger partial charge in [0.2, 0.25) is 5.91 Å². The first kappa shape index (κ1) is 15.0. The van der Waals surface area contributed by atoms with Gasteiger partial charge in [0.25, 0.3) is 0 Å². The summed E-state index contributed by atoms with van der Waals surface area (Å²) in [6, 6.07) is 3.51. The number of rotatable bonds is 3. The van der Waals surface area contributed by atoms with Crippen molar-refractivity contribution in [2.24, 2.45) is 17.8 Å². The number of nitrogens with zero attached hydrogens (tertiary/aromatic N) is 1. The summed E-state index contributed by atoms with van der Waals surface area (Å²) in [5, 5.41) is 11.9. The third kappa shape index (κ3) is 3.17. The maximum Gasteiger partial charge on any atom is 0.307 e. The van der Waals surface area contributed by atoms with Crippen LogP contribution in [-0.4, -0.2) is 22.0 Å². The van der Waals surface area contributed by atoms with E-state index in [2.05, 4.69) is 26.2 Å². The lowest BCUT2D eigenvalue weighted by Crippen LogP contribution is -2.30. The van der Waals surface area contributed by atoms with Crippen molar-refractivity contribution >= 4 is 33.6 Å².